The number of carbonyl (C=O) groups is 2. The quantitative estimate of drug-likeness (QED) is 0.792. The van der Waals surface area contributed by atoms with Crippen LogP contribution in [0.15, 0.2) is 28.7 Å². The molecular weight excluding hydrogens is 370 g/mol. The molecule has 0 spiro atoms. The van der Waals surface area contributed by atoms with Crippen LogP contribution in [-0.2, 0) is 20.7 Å². The smallest absolute Gasteiger partial charge is 0.245 e. The predicted molar refractivity (Wildman–Crippen MR) is 107 cm³/mol. The molecule has 7 heteroatoms. The van der Waals surface area contributed by atoms with Crippen LogP contribution in [0.1, 0.15) is 29.9 Å². The lowest BCUT2D eigenvalue weighted by molar-refractivity contribution is -0.146. The summed E-state index contributed by atoms with van der Waals surface area (Å²) in [4.78, 5) is 34.0. The van der Waals surface area contributed by atoms with Gasteiger partial charge in [0.05, 0.1) is 25.3 Å². The van der Waals surface area contributed by atoms with E-state index in [2.05, 4.69) is 4.98 Å². The number of carbonyl (C=O) groups excluding carboxylic acids is 2. The minimum atomic E-state index is -0.371. The van der Waals surface area contributed by atoms with Gasteiger partial charge >= 0.3 is 0 Å². The second kappa shape index (κ2) is 8.37. The largest absolute Gasteiger partial charge is 0.441 e. The van der Waals surface area contributed by atoms with Gasteiger partial charge in [0.1, 0.15) is 11.8 Å². The number of oxazole rings is 1. The van der Waals surface area contributed by atoms with Crippen LogP contribution < -0.4 is 0 Å². The number of hydrogen-bond donors (Lipinski definition) is 0. The maximum absolute atomic E-state index is 13.0. The van der Waals surface area contributed by atoms with E-state index in [1.165, 1.54) is 0 Å². The highest BCUT2D eigenvalue weighted by molar-refractivity contribution is 5.89. The third kappa shape index (κ3) is 4.19. The highest BCUT2D eigenvalue weighted by Crippen LogP contribution is 2.25. The van der Waals surface area contributed by atoms with E-state index in [9.17, 15) is 9.59 Å². The Morgan fingerprint density at radius 3 is 2.55 bits per heavy atom. The molecule has 1 unspecified atom stereocenters. The van der Waals surface area contributed by atoms with Crippen LogP contribution in [-0.4, -0.2) is 65.5 Å². The van der Waals surface area contributed by atoms with E-state index in [4.69, 9.17) is 9.15 Å². The maximum Gasteiger partial charge on any atom is 0.245 e. The minimum absolute atomic E-state index is 0.0383. The Labute approximate surface area is 170 Å². The summed E-state index contributed by atoms with van der Waals surface area (Å²) in [7, 11) is 0. The summed E-state index contributed by atoms with van der Waals surface area (Å²) in [5.74, 6) is 1.13. The van der Waals surface area contributed by atoms with Crippen molar-refractivity contribution < 1.29 is 18.7 Å². The molecule has 4 rings (SSSR count). The Kier molecular flexibility index (Phi) is 5.67. The van der Waals surface area contributed by atoms with Crippen molar-refractivity contribution in [3.05, 3.63) is 41.3 Å². The Bertz CT molecular complexity index is 884. The lowest BCUT2D eigenvalue weighted by atomic mass is 10.1. The van der Waals surface area contributed by atoms with Crippen LogP contribution in [0.4, 0.5) is 0 Å². The van der Waals surface area contributed by atoms with E-state index in [0.29, 0.717) is 56.6 Å². The summed E-state index contributed by atoms with van der Waals surface area (Å²) in [5.41, 5.74) is 2.69. The van der Waals surface area contributed by atoms with Crippen LogP contribution in [0.2, 0.25) is 0 Å². The molecule has 0 N–H and O–H groups in total. The molecule has 2 aliphatic heterocycles. The van der Waals surface area contributed by atoms with Crippen molar-refractivity contribution in [3.8, 4) is 11.5 Å². The standard InChI is InChI=1S/C22H27N3O4/c1-15-5-7-17(8-6-15)21-23-18(16(2)29-21)14-20(26)25-9-3-4-19(25)22(27)24-10-12-28-13-11-24/h5-8,19H,3-4,9-14H2,1-2H3. The SMILES string of the molecule is Cc1ccc(-c2nc(CC(=O)N3CCCC3C(=O)N3CCOCC3)c(C)o2)cc1. The van der Waals surface area contributed by atoms with Crippen molar-refractivity contribution >= 4 is 11.8 Å². The lowest BCUT2D eigenvalue weighted by Gasteiger charge is -2.32. The third-order valence-electron chi connectivity index (χ3n) is 5.69. The molecule has 3 heterocycles. The molecule has 0 bridgehead atoms. The average Bonchev–Trinajstić information content (AvgIpc) is 3.36. The minimum Gasteiger partial charge on any atom is -0.441 e. The second-order valence-corrected chi connectivity index (χ2v) is 7.75. The fourth-order valence-corrected chi connectivity index (χ4v) is 3.97. The number of hydrogen-bond acceptors (Lipinski definition) is 5. The Morgan fingerprint density at radius 1 is 1.10 bits per heavy atom. The molecule has 1 aromatic heterocycles. The Balaban J connectivity index is 1.45. The Morgan fingerprint density at radius 2 is 1.83 bits per heavy atom. The fraction of sp³-hybridized carbons (Fsp3) is 0.500. The molecule has 2 aromatic rings. The second-order valence-electron chi connectivity index (χ2n) is 7.75. The molecule has 0 aliphatic carbocycles. The highest BCUT2D eigenvalue weighted by atomic mass is 16.5. The number of ether oxygens (including phenoxy) is 1. The summed E-state index contributed by atoms with van der Waals surface area (Å²) in [6.07, 6.45) is 1.71. The summed E-state index contributed by atoms with van der Waals surface area (Å²) in [6, 6.07) is 7.56. The van der Waals surface area contributed by atoms with Crippen molar-refractivity contribution in [2.24, 2.45) is 0 Å². The van der Waals surface area contributed by atoms with Gasteiger partial charge in [-0.2, -0.15) is 0 Å². The first-order valence-electron chi connectivity index (χ1n) is 10.2. The summed E-state index contributed by atoms with van der Waals surface area (Å²) in [5, 5.41) is 0. The fourth-order valence-electron chi connectivity index (χ4n) is 3.97. The zero-order valence-electron chi connectivity index (χ0n) is 17.0. The molecule has 2 aliphatic rings. The van der Waals surface area contributed by atoms with Gasteiger partial charge in [-0.05, 0) is 38.8 Å². The maximum atomic E-state index is 13.0. The number of aryl methyl sites for hydroxylation is 2. The number of benzene rings is 1. The molecule has 2 amide bonds. The summed E-state index contributed by atoms with van der Waals surface area (Å²) < 4.78 is 11.1. The van der Waals surface area contributed by atoms with E-state index < -0.39 is 0 Å². The Hall–Kier alpha value is -2.67. The molecule has 1 aromatic carbocycles. The molecule has 0 radical (unpaired) electrons. The van der Waals surface area contributed by atoms with Crippen LogP contribution >= 0.6 is 0 Å². The van der Waals surface area contributed by atoms with Crippen LogP contribution in [0.5, 0.6) is 0 Å². The number of aromatic nitrogens is 1. The summed E-state index contributed by atoms with van der Waals surface area (Å²) in [6.45, 7) is 6.78. The van der Waals surface area contributed by atoms with E-state index in [1.807, 2.05) is 43.0 Å². The third-order valence-corrected chi connectivity index (χ3v) is 5.69. The monoisotopic (exact) mass is 397 g/mol. The predicted octanol–water partition coefficient (Wildman–Crippen LogP) is 2.35. The van der Waals surface area contributed by atoms with E-state index >= 15 is 0 Å². The van der Waals surface area contributed by atoms with Crippen molar-refractivity contribution in [1.82, 2.24) is 14.8 Å². The van der Waals surface area contributed by atoms with Crippen molar-refractivity contribution in [1.29, 1.82) is 0 Å². The topological polar surface area (TPSA) is 75.9 Å². The van der Waals surface area contributed by atoms with E-state index in [1.54, 1.807) is 4.90 Å². The van der Waals surface area contributed by atoms with Crippen molar-refractivity contribution in [2.75, 3.05) is 32.8 Å². The van der Waals surface area contributed by atoms with Gasteiger partial charge in [-0.3, -0.25) is 9.59 Å². The molecule has 1 atom stereocenters. The molecule has 7 nitrogen and oxygen atoms in total. The van der Waals surface area contributed by atoms with Crippen molar-refractivity contribution in [3.63, 3.8) is 0 Å². The number of morpholine rings is 1. The van der Waals surface area contributed by atoms with Gasteiger partial charge in [0.15, 0.2) is 0 Å². The number of rotatable bonds is 4. The van der Waals surface area contributed by atoms with Crippen LogP contribution in [0, 0.1) is 13.8 Å². The zero-order valence-corrected chi connectivity index (χ0v) is 17.0. The zero-order chi connectivity index (χ0) is 20.4. The lowest BCUT2D eigenvalue weighted by Crippen LogP contribution is -2.51. The van der Waals surface area contributed by atoms with Gasteiger partial charge < -0.3 is 19.0 Å². The molecule has 29 heavy (non-hydrogen) atoms. The molecule has 154 valence electrons. The van der Waals surface area contributed by atoms with Crippen LogP contribution in [0.25, 0.3) is 11.5 Å². The van der Waals surface area contributed by atoms with Crippen molar-refractivity contribution in [2.45, 2.75) is 39.2 Å². The normalized spacial score (nSPS) is 19.6. The first-order chi connectivity index (χ1) is 14.0. The molecule has 0 saturated carbocycles. The molecule has 2 saturated heterocycles. The van der Waals surface area contributed by atoms with E-state index in [0.717, 1.165) is 17.5 Å². The molecular formula is C22H27N3O4. The van der Waals surface area contributed by atoms with E-state index in [-0.39, 0.29) is 24.3 Å². The number of nitrogens with zero attached hydrogens (tertiary/aromatic N) is 3. The van der Waals surface area contributed by atoms with Gasteiger partial charge in [-0.1, -0.05) is 17.7 Å². The van der Waals surface area contributed by atoms with Gasteiger partial charge in [-0.15, -0.1) is 0 Å². The first-order valence-corrected chi connectivity index (χ1v) is 10.2. The van der Waals surface area contributed by atoms with Gasteiger partial charge in [-0.25, -0.2) is 4.98 Å². The summed E-state index contributed by atoms with van der Waals surface area (Å²) >= 11 is 0. The number of likely N-dealkylation sites (tertiary alicyclic amines) is 1. The average molecular weight is 397 g/mol. The van der Waals surface area contributed by atoms with Crippen LogP contribution in [0.3, 0.4) is 0 Å². The first kappa shape index (κ1) is 19.6. The van der Waals surface area contributed by atoms with Gasteiger partial charge in [0.25, 0.3) is 0 Å². The molecule has 2 fully saturated rings. The number of amides is 2. The van der Waals surface area contributed by atoms with Gasteiger partial charge in [0, 0.05) is 25.2 Å². The van der Waals surface area contributed by atoms with Gasteiger partial charge in [0.2, 0.25) is 17.7 Å². The highest BCUT2D eigenvalue weighted by Gasteiger charge is 2.37.